The Morgan fingerprint density at radius 1 is 1.38 bits per heavy atom. The van der Waals surface area contributed by atoms with Crippen LogP contribution in [0.15, 0.2) is 24.3 Å². The van der Waals surface area contributed by atoms with Crippen LogP contribution in [0.5, 0.6) is 0 Å². The van der Waals surface area contributed by atoms with Crippen molar-refractivity contribution in [3.8, 4) is 0 Å². The molecule has 0 aliphatic rings. The zero-order valence-electron chi connectivity index (χ0n) is 10.7. The number of anilines is 1. The lowest BCUT2D eigenvalue weighted by atomic mass is 10.1. The van der Waals surface area contributed by atoms with Crippen LogP contribution in [0.1, 0.15) is 32.8 Å². The van der Waals surface area contributed by atoms with Gasteiger partial charge in [0, 0.05) is 24.7 Å². The van der Waals surface area contributed by atoms with Gasteiger partial charge in [0.15, 0.2) is 0 Å². The maximum atomic E-state index is 11.2. The van der Waals surface area contributed by atoms with Crippen molar-refractivity contribution >= 4 is 11.5 Å². The smallest absolute Gasteiger partial charge is 0.131 e. The second kappa shape index (κ2) is 5.69. The Balaban J connectivity index is 2.90. The Bertz CT molecular complexity index is 360. The lowest BCUT2D eigenvalue weighted by molar-refractivity contribution is -0.117. The minimum atomic E-state index is 0.250. The number of aryl methyl sites for hydroxylation is 1. The van der Waals surface area contributed by atoms with Crippen LogP contribution in [-0.4, -0.2) is 18.4 Å². The zero-order chi connectivity index (χ0) is 12.1. The molecule has 0 aliphatic heterocycles. The van der Waals surface area contributed by atoms with Crippen LogP contribution in [0.3, 0.4) is 0 Å². The van der Waals surface area contributed by atoms with Gasteiger partial charge in [-0.05, 0) is 39.3 Å². The highest BCUT2D eigenvalue weighted by atomic mass is 16.1. The average Bonchev–Trinajstić information content (AvgIpc) is 2.20. The highest BCUT2D eigenvalue weighted by Gasteiger charge is 2.15. The lowest BCUT2D eigenvalue weighted by Gasteiger charge is -2.31. The van der Waals surface area contributed by atoms with E-state index in [0.29, 0.717) is 6.42 Å². The fourth-order valence-corrected chi connectivity index (χ4v) is 2.13. The first kappa shape index (κ1) is 12.8. The van der Waals surface area contributed by atoms with Gasteiger partial charge in [0.2, 0.25) is 0 Å². The van der Waals surface area contributed by atoms with Crippen molar-refractivity contribution in [1.82, 2.24) is 0 Å². The second-order valence-corrected chi connectivity index (χ2v) is 4.33. The molecule has 0 amide bonds. The van der Waals surface area contributed by atoms with E-state index in [-0.39, 0.29) is 11.8 Å². The zero-order valence-corrected chi connectivity index (χ0v) is 10.7. The molecule has 0 aliphatic carbocycles. The van der Waals surface area contributed by atoms with Gasteiger partial charge < -0.3 is 4.90 Å². The van der Waals surface area contributed by atoms with Gasteiger partial charge in [0.25, 0.3) is 0 Å². The Hall–Kier alpha value is -1.31. The van der Waals surface area contributed by atoms with Gasteiger partial charge in [-0.25, -0.2) is 0 Å². The summed E-state index contributed by atoms with van der Waals surface area (Å²) in [5.41, 5.74) is 2.50. The number of hydrogen-bond acceptors (Lipinski definition) is 2. The molecule has 2 nitrogen and oxygen atoms in total. The number of carbonyl (C=O) groups is 1. The number of para-hydroxylation sites is 1. The molecule has 1 atom stereocenters. The SMILES string of the molecule is CCN(c1ccccc1C)C(C)CC(C)=O. The van der Waals surface area contributed by atoms with Crippen LogP contribution in [-0.2, 0) is 4.79 Å². The van der Waals surface area contributed by atoms with E-state index < -0.39 is 0 Å². The summed E-state index contributed by atoms with van der Waals surface area (Å²) >= 11 is 0. The van der Waals surface area contributed by atoms with E-state index in [2.05, 4.69) is 37.8 Å². The Morgan fingerprint density at radius 2 is 2.00 bits per heavy atom. The molecule has 16 heavy (non-hydrogen) atoms. The molecule has 0 radical (unpaired) electrons. The predicted octanol–water partition coefficient (Wildman–Crippen LogP) is 3.19. The summed E-state index contributed by atoms with van der Waals surface area (Å²) in [5, 5.41) is 0. The van der Waals surface area contributed by atoms with Gasteiger partial charge in [-0.1, -0.05) is 18.2 Å². The molecule has 0 heterocycles. The number of benzene rings is 1. The number of carbonyl (C=O) groups excluding carboxylic acids is 1. The monoisotopic (exact) mass is 219 g/mol. The second-order valence-electron chi connectivity index (χ2n) is 4.33. The normalized spacial score (nSPS) is 12.2. The molecule has 1 rings (SSSR count). The van der Waals surface area contributed by atoms with Gasteiger partial charge in [-0.2, -0.15) is 0 Å². The van der Waals surface area contributed by atoms with Crippen molar-refractivity contribution in [1.29, 1.82) is 0 Å². The number of Topliss-reactive ketones (excluding diaryl/α,β-unsaturated/α-hetero) is 1. The standard InChI is InChI=1S/C14H21NO/c1-5-15(12(3)10-13(4)16)14-9-7-6-8-11(14)2/h6-9,12H,5,10H2,1-4H3. The minimum Gasteiger partial charge on any atom is -0.368 e. The maximum Gasteiger partial charge on any atom is 0.131 e. The number of nitrogens with zero attached hydrogens (tertiary/aromatic N) is 1. The summed E-state index contributed by atoms with van der Waals surface area (Å²) < 4.78 is 0. The van der Waals surface area contributed by atoms with Crippen LogP contribution in [0.2, 0.25) is 0 Å². The largest absolute Gasteiger partial charge is 0.368 e. The molecule has 0 N–H and O–H groups in total. The van der Waals surface area contributed by atoms with E-state index in [1.807, 2.05) is 12.1 Å². The van der Waals surface area contributed by atoms with Gasteiger partial charge in [0.1, 0.15) is 5.78 Å². The van der Waals surface area contributed by atoms with Crippen LogP contribution in [0, 0.1) is 6.92 Å². The van der Waals surface area contributed by atoms with E-state index in [1.165, 1.54) is 11.3 Å². The van der Waals surface area contributed by atoms with Crippen LogP contribution >= 0.6 is 0 Å². The van der Waals surface area contributed by atoms with Crippen molar-refractivity contribution in [3.63, 3.8) is 0 Å². The van der Waals surface area contributed by atoms with E-state index >= 15 is 0 Å². The van der Waals surface area contributed by atoms with E-state index in [4.69, 9.17) is 0 Å². The summed E-state index contributed by atoms with van der Waals surface area (Å²) in [4.78, 5) is 13.5. The number of ketones is 1. The molecule has 1 unspecified atom stereocenters. The summed E-state index contributed by atoms with van der Waals surface area (Å²) in [6.07, 6.45) is 0.613. The highest BCUT2D eigenvalue weighted by molar-refractivity contribution is 5.76. The first-order valence-electron chi connectivity index (χ1n) is 5.88. The van der Waals surface area contributed by atoms with E-state index in [9.17, 15) is 4.79 Å². The van der Waals surface area contributed by atoms with Gasteiger partial charge in [0.05, 0.1) is 0 Å². The Kier molecular flexibility index (Phi) is 4.53. The summed E-state index contributed by atoms with van der Waals surface area (Å²) in [6.45, 7) is 8.93. The van der Waals surface area contributed by atoms with Gasteiger partial charge in [-0.15, -0.1) is 0 Å². The highest BCUT2D eigenvalue weighted by Crippen LogP contribution is 2.22. The molecular weight excluding hydrogens is 198 g/mol. The Labute approximate surface area is 98.3 Å². The molecule has 0 saturated heterocycles. The predicted molar refractivity (Wildman–Crippen MR) is 69.0 cm³/mol. The summed E-state index contributed by atoms with van der Waals surface area (Å²) in [7, 11) is 0. The molecule has 0 fully saturated rings. The lowest BCUT2D eigenvalue weighted by Crippen LogP contribution is -2.34. The third kappa shape index (κ3) is 3.09. The van der Waals surface area contributed by atoms with Crippen molar-refractivity contribution in [2.45, 2.75) is 40.2 Å². The molecule has 2 heteroatoms. The molecule has 0 bridgehead atoms. The molecule has 0 spiro atoms. The average molecular weight is 219 g/mol. The summed E-state index contributed by atoms with van der Waals surface area (Å²) in [6, 6.07) is 8.59. The van der Waals surface area contributed by atoms with Crippen LogP contribution < -0.4 is 4.90 Å². The van der Waals surface area contributed by atoms with Crippen molar-refractivity contribution in [3.05, 3.63) is 29.8 Å². The fourth-order valence-electron chi connectivity index (χ4n) is 2.13. The molecule has 0 saturated carbocycles. The van der Waals surface area contributed by atoms with Crippen LogP contribution in [0.25, 0.3) is 0 Å². The maximum absolute atomic E-state index is 11.2. The minimum absolute atomic E-state index is 0.250. The third-order valence-electron chi connectivity index (χ3n) is 2.88. The number of rotatable bonds is 5. The van der Waals surface area contributed by atoms with Crippen LogP contribution in [0.4, 0.5) is 5.69 Å². The number of hydrogen-bond donors (Lipinski definition) is 0. The molecule has 0 aromatic heterocycles. The van der Waals surface area contributed by atoms with Crippen molar-refractivity contribution < 1.29 is 4.79 Å². The first-order chi connectivity index (χ1) is 7.56. The Morgan fingerprint density at radius 3 is 2.50 bits per heavy atom. The molecular formula is C14H21NO. The molecule has 1 aromatic carbocycles. The van der Waals surface area contributed by atoms with Gasteiger partial charge in [-0.3, -0.25) is 4.79 Å². The quantitative estimate of drug-likeness (QED) is 0.758. The first-order valence-corrected chi connectivity index (χ1v) is 5.88. The van der Waals surface area contributed by atoms with Crippen molar-refractivity contribution in [2.75, 3.05) is 11.4 Å². The van der Waals surface area contributed by atoms with E-state index in [0.717, 1.165) is 6.54 Å². The fraction of sp³-hybridized carbons (Fsp3) is 0.500. The molecule has 88 valence electrons. The van der Waals surface area contributed by atoms with E-state index in [1.54, 1.807) is 6.92 Å². The van der Waals surface area contributed by atoms with Gasteiger partial charge >= 0.3 is 0 Å². The molecule has 1 aromatic rings. The third-order valence-corrected chi connectivity index (χ3v) is 2.88. The summed E-state index contributed by atoms with van der Waals surface area (Å²) in [5.74, 6) is 0.250. The topological polar surface area (TPSA) is 20.3 Å². The van der Waals surface area contributed by atoms with Crippen molar-refractivity contribution in [2.24, 2.45) is 0 Å².